The lowest BCUT2D eigenvalue weighted by Gasteiger charge is -2.18. The van der Waals surface area contributed by atoms with E-state index in [9.17, 15) is 14.4 Å². The van der Waals surface area contributed by atoms with Crippen molar-refractivity contribution in [2.75, 3.05) is 13.2 Å². The molecule has 0 radical (unpaired) electrons. The van der Waals surface area contributed by atoms with Crippen LogP contribution in [0.3, 0.4) is 0 Å². The van der Waals surface area contributed by atoms with Gasteiger partial charge < -0.3 is 14.2 Å². The van der Waals surface area contributed by atoms with Gasteiger partial charge in [0.2, 0.25) is 0 Å². The number of hydrogen-bond acceptors (Lipinski definition) is 6. The van der Waals surface area contributed by atoms with E-state index < -0.39 is 6.10 Å². The van der Waals surface area contributed by atoms with E-state index in [4.69, 9.17) is 14.2 Å². The molecule has 1 atom stereocenters. The largest absolute Gasteiger partial charge is 0.462 e. The summed E-state index contributed by atoms with van der Waals surface area (Å²) in [4.78, 5) is 37.9. The summed E-state index contributed by atoms with van der Waals surface area (Å²) in [6.07, 6.45) is 86.3. The van der Waals surface area contributed by atoms with Crippen LogP contribution < -0.4 is 0 Å². The van der Waals surface area contributed by atoms with E-state index in [1.165, 1.54) is 83.5 Å². The lowest BCUT2D eigenvalue weighted by Crippen LogP contribution is -2.30. The average molecular weight is 1020 g/mol. The van der Waals surface area contributed by atoms with Crippen LogP contribution in [0.25, 0.3) is 0 Å². The molecule has 0 heterocycles. The fraction of sp³-hybridized carbons (Fsp3) is 0.632. The van der Waals surface area contributed by atoms with E-state index in [0.717, 1.165) is 135 Å². The molecule has 0 aromatic rings. The van der Waals surface area contributed by atoms with E-state index >= 15 is 0 Å². The Morgan fingerprint density at radius 3 is 0.838 bits per heavy atom. The first kappa shape index (κ1) is 69.5. The van der Waals surface area contributed by atoms with Gasteiger partial charge in [-0.2, -0.15) is 0 Å². The highest BCUT2D eigenvalue weighted by Crippen LogP contribution is 2.15. The van der Waals surface area contributed by atoms with E-state index in [2.05, 4.69) is 154 Å². The summed E-state index contributed by atoms with van der Waals surface area (Å²) in [6.45, 7) is 6.32. The van der Waals surface area contributed by atoms with Gasteiger partial charge in [-0.3, -0.25) is 14.4 Å². The number of hydrogen-bond donors (Lipinski definition) is 0. The molecule has 74 heavy (non-hydrogen) atoms. The fourth-order valence-electron chi connectivity index (χ4n) is 7.94. The molecule has 418 valence electrons. The quantitative estimate of drug-likeness (QED) is 0.0261. The summed E-state index contributed by atoms with van der Waals surface area (Å²) < 4.78 is 16.7. The molecule has 0 aliphatic carbocycles. The van der Waals surface area contributed by atoms with Gasteiger partial charge in [-0.1, -0.05) is 257 Å². The molecule has 6 nitrogen and oxygen atoms in total. The van der Waals surface area contributed by atoms with Crippen molar-refractivity contribution in [3.63, 3.8) is 0 Å². The minimum Gasteiger partial charge on any atom is -0.462 e. The maximum atomic E-state index is 12.8. The number of esters is 3. The molecular weight excluding hydrogens is 913 g/mol. The second-order valence-electron chi connectivity index (χ2n) is 19.5. The van der Waals surface area contributed by atoms with Gasteiger partial charge in [0.05, 0.1) is 0 Å². The van der Waals surface area contributed by atoms with Gasteiger partial charge in [-0.15, -0.1) is 0 Å². The lowest BCUT2D eigenvalue weighted by molar-refractivity contribution is -0.167. The molecule has 0 aromatic heterocycles. The molecular formula is C68H110O6. The van der Waals surface area contributed by atoms with E-state index in [1.54, 1.807) is 0 Å². The Morgan fingerprint density at radius 2 is 0.527 bits per heavy atom. The van der Waals surface area contributed by atoms with Crippen molar-refractivity contribution in [1.82, 2.24) is 0 Å². The number of ether oxygens (including phenoxy) is 3. The van der Waals surface area contributed by atoms with Crippen LogP contribution in [0.15, 0.2) is 134 Å². The highest BCUT2D eigenvalue weighted by Gasteiger charge is 2.19. The van der Waals surface area contributed by atoms with Gasteiger partial charge >= 0.3 is 17.9 Å². The number of unbranched alkanes of at least 4 members (excludes halogenated alkanes) is 20. The Morgan fingerprint density at radius 1 is 0.284 bits per heavy atom. The zero-order chi connectivity index (χ0) is 53.6. The van der Waals surface area contributed by atoms with Crippen LogP contribution in [0.5, 0.6) is 0 Å². The highest BCUT2D eigenvalue weighted by atomic mass is 16.6. The molecule has 0 N–H and O–H groups in total. The molecule has 0 rings (SSSR count). The van der Waals surface area contributed by atoms with Crippen molar-refractivity contribution < 1.29 is 28.6 Å². The summed E-state index contributed by atoms with van der Waals surface area (Å²) in [5, 5.41) is 0. The highest BCUT2D eigenvalue weighted by molar-refractivity contribution is 5.71. The molecule has 0 aliphatic rings. The molecule has 0 aliphatic heterocycles. The molecule has 0 saturated carbocycles. The number of carbonyl (C=O) groups is 3. The topological polar surface area (TPSA) is 78.9 Å². The van der Waals surface area contributed by atoms with Crippen molar-refractivity contribution in [1.29, 1.82) is 0 Å². The van der Waals surface area contributed by atoms with Crippen molar-refractivity contribution in [2.24, 2.45) is 0 Å². The molecule has 6 heteroatoms. The number of allylic oxidation sites excluding steroid dienone is 22. The van der Waals surface area contributed by atoms with Gasteiger partial charge in [-0.25, -0.2) is 0 Å². The van der Waals surface area contributed by atoms with Crippen molar-refractivity contribution >= 4 is 17.9 Å². The van der Waals surface area contributed by atoms with Crippen LogP contribution >= 0.6 is 0 Å². The molecule has 0 saturated heterocycles. The van der Waals surface area contributed by atoms with Crippen LogP contribution in [0, 0.1) is 0 Å². The van der Waals surface area contributed by atoms with Crippen LogP contribution in [-0.2, 0) is 28.6 Å². The standard InChI is InChI=1S/C68H110O6/c1-4-7-10-13-16-18-20-22-24-26-28-29-30-31-32-33-34-35-36-37-38-39-41-42-44-46-48-50-52-55-58-61-67(70)73-64-65(63-72-66(69)60-57-54-15-12-9-6-3)74-68(71)62-59-56-53-51-49-47-45-43-40-27-25-23-21-19-17-14-11-8-5-2/h7-8,10-11,16-19,22-25,28-29,31-32,34-35,40,43,47,49,65H,4-6,9,12-15,20-21,26-27,30,33,36-39,41-42,44-46,48,50-64H2,1-3H3/b10-7-,11-8-,18-16-,19-17-,24-22-,25-23-,29-28-,32-31-,35-34-,43-40-,49-47-. The lowest BCUT2D eigenvalue weighted by atomic mass is 10.0. The summed E-state index contributed by atoms with van der Waals surface area (Å²) in [6, 6.07) is 0. The smallest absolute Gasteiger partial charge is 0.306 e. The first-order chi connectivity index (χ1) is 36.5. The minimum atomic E-state index is -0.797. The van der Waals surface area contributed by atoms with E-state index in [-0.39, 0.29) is 37.5 Å². The van der Waals surface area contributed by atoms with E-state index in [0.29, 0.717) is 12.8 Å². The number of carbonyl (C=O) groups excluding carboxylic acids is 3. The van der Waals surface area contributed by atoms with Gasteiger partial charge in [0.1, 0.15) is 13.2 Å². The fourth-order valence-corrected chi connectivity index (χ4v) is 7.94. The zero-order valence-corrected chi connectivity index (χ0v) is 47.8. The van der Waals surface area contributed by atoms with Gasteiger partial charge in [-0.05, 0) is 116 Å². The molecule has 0 spiro atoms. The SMILES string of the molecule is CC/C=C\C/C=C\C/C=C\C/C=C\C/C=C\C/C=C\CCCCCCCCCCCCCCC(=O)OCC(COC(=O)CCCCCCCC)OC(=O)CCCCC/C=C\C/C=C\C/C=C\C/C=C\C/C=C\CC. The molecule has 0 fully saturated rings. The Hall–Kier alpha value is -4.45. The Kier molecular flexibility index (Phi) is 57.4. The zero-order valence-electron chi connectivity index (χ0n) is 47.8. The summed E-state index contributed by atoms with van der Waals surface area (Å²) in [7, 11) is 0. The molecule has 0 amide bonds. The van der Waals surface area contributed by atoms with Gasteiger partial charge in [0.15, 0.2) is 6.10 Å². The third-order valence-electron chi connectivity index (χ3n) is 12.4. The van der Waals surface area contributed by atoms with Crippen LogP contribution in [0.2, 0.25) is 0 Å². The van der Waals surface area contributed by atoms with Crippen molar-refractivity contribution in [3.05, 3.63) is 134 Å². The van der Waals surface area contributed by atoms with Crippen LogP contribution in [-0.4, -0.2) is 37.2 Å². The third-order valence-corrected chi connectivity index (χ3v) is 12.4. The van der Waals surface area contributed by atoms with Crippen LogP contribution in [0.1, 0.15) is 258 Å². The van der Waals surface area contributed by atoms with E-state index in [1.807, 2.05) is 0 Å². The Labute approximate surface area is 455 Å². The van der Waals surface area contributed by atoms with Crippen LogP contribution in [0.4, 0.5) is 0 Å². The first-order valence-electron chi connectivity index (χ1n) is 30.2. The third kappa shape index (κ3) is 58.4. The second-order valence-corrected chi connectivity index (χ2v) is 19.5. The maximum absolute atomic E-state index is 12.8. The van der Waals surface area contributed by atoms with Gasteiger partial charge in [0.25, 0.3) is 0 Å². The monoisotopic (exact) mass is 1020 g/mol. The maximum Gasteiger partial charge on any atom is 0.306 e. The number of rotatable bonds is 53. The molecule has 0 bridgehead atoms. The minimum absolute atomic E-state index is 0.0944. The molecule has 1 unspecified atom stereocenters. The summed E-state index contributed by atoms with van der Waals surface area (Å²) in [5.74, 6) is -0.941. The Balaban J connectivity index is 4.14. The second kappa shape index (κ2) is 61.1. The van der Waals surface area contributed by atoms with Gasteiger partial charge in [0, 0.05) is 19.3 Å². The normalized spacial score (nSPS) is 13.1. The Bertz CT molecular complexity index is 1600. The average Bonchev–Trinajstić information content (AvgIpc) is 3.40. The first-order valence-corrected chi connectivity index (χ1v) is 30.2. The summed E-state index contributed by atoms with van der Waals surface area (Å²) in [5.41, 5.74) is 0. The molecule has 0 aromatic carbocycles. The van der Waals surface area contributed by atoms with Crippen molar-refractivity contribution in [2.45, 2.75) is 264 Å². The predicted octanol–water partition coefficient (Wildman–Crippen LogP) is 20.6. The van der Waals surface area contributed by atoms with Crippen molar-refractivity contribution in [3.8, 4) is 0 Å². The summed E-state index contributed by atoms with van der Waals surface area (Å²) >= 11 is 0. The predicted molar refractivity (Wildman–Crippen MR) is 320 cm³/mol.